The quantitative estimate of drug-likeness (QED) is 0.534. The normalized spacial score (nSPS) is 16.1. The van der Waals surface area contributed by atoms with Crippen LogP contribution in [-0.4, -0.2) is 16.4 Å². The Hall–Kier alpha value is -0.990. The molecule has 2 rings (SSSR count). The zero-order valence-electron chi connectivity index (χ0n) is 6.00. The van der Waals surface area contributed by atoms with Crippen LogP contribution in [0.4, 0.5) is 0 Å². The minimum atomic E-state index is 0.840. The smallest absolute Gasteiger partial charge is 0.214 e. The van der Waals surface area contributed by atoms with Crippen LogP contribution in [0.1, 0.15) is 12.0 Å². The molecule has 0 fully saturated rings. The molecule has 0 aromatic carbocycles. The van der Waals surface area contributed by atoms with E-state index in [0.29, 0.717) is 0 Å². The molecular formula is C7H10N2O. The first-order valence-corrected chi connectivity index (χ1v) is 3.53. The molecule has 1 aromatic rings. The highest BCUT2D eigenvalue weighted by Crippen LogP contribution is 2.20. The first-order valence-electron chi connectivity index (χ1n) is 3.53. The molecule has 10 heavy (non-hydrogen) atoms. The first kappa shape index (κ1) is 5.77. The Morgan fingerprint density at radius 3 is 3.40 bits per heavy atom. The minimum absolute atomic E-state index is 0.840. The van der Waals surface area contributed by atoms with Crippen molar-refractivity contribution in [3.8, 4) is 5.88 Å². The van der Waals surface area contributed by atoms with Crippen molar-refractivity contribution in [3.63, 3.8) is 0 Å². The summed E-state index contributed by atoms with van der Waals surface area (Å²) >= 11 is 0. The van der Waals surface area contributed by atoms with Gasteiger partial charge in [0.05, 0.1) is 12.8 Å². The molecular weight excluding hydrogens is 128 g/mol. The monoisotopic (exact) mass is 138 g/mol. The second kappa shape index (κ2) is 2.01. The molecule has 54 valence electrons. The van der Waals surface area contributed by atoms with Gasteiger partial charge in [-0.1, -0.05) is 0 Å². The number of ether oxygens (including phenoxy) is 1. The van der Waals surface area contributed by atoms with Gasteiger partial charge in [0.2, 0.25) is 5.88 Å². The molecule has 0 aliphatic carbocycles. The van der Waals surface area contributed by atoms with Gasteiger partial charge in [0, 0.05) is 18.5 Å². The standard InChI is InChI=1S/C7H10N2O/c1-6-5-8-9-3-2-4-10-7(6)9/h5H,2-4H2,1H3. The summed E-state index contributed by atoms with van der Waals surface area (Å²) in [6, 6.07) is 0. The van der Waals surface area contributed by atoms with E-state index >= 15 is 0 Å². The van der Waals surface area contributed by atoms with E-state index < -0.39 is 0 Å². The molecule has 1 aromatic heterocycles. The third-order valence-corrected chi connectivity index (χ3v) is 1.72. The fourth-order valence-corrected chi connectivity index (χ4v) is 1.20. The van der Waals surface area contributed by atoms with E-state index in [2.05, 4.69) is 5.10 Å². The Balaban J connectivity index is 2.45. The van der Waals surface area contributed by atoms with Crippen LogP contribution in [0.15, 0.2) is 6.20 Å². The van der Waals surface area contributed by atoms with Gasteiger partial charge in [-0.3, -0.25) is 0 Å². The van der Waals surface area contributed by atoms with Crippen LogP contribution in [0.3, 0.4) is 0 Å². The van der Waals surface area contributed by atoms with Crippen molar-refractivity contribution in [2.45, 2.75) is 19.9 Å². The number of fused-ring (bicyclic) bond motifs is 1. The Kier molecular flexibility index (Phi) is 1.16. The molecule has 0 atom stereocenters. The fraction of sp³-hybridized carbons (Fsp3) is 0.571. The Morgan fingerprint density at radius 1 is 1.70 bits per heavy atom. The van der Waals surface area contributed by atoms with E-state index in [4.69, 9.17) is 4.74 Å². The predicted molar refractivity (Wildman–Crippen MR) is 37.1 cm³/mol. The largest absolute Gasteiger partial charge is 0.478 e. The lowest BCUT2D eigenvalue weighted by Gasteiger charge is -2.14. The molecule has 0 saturated carbocycles. The summed E-state index contributed by atoms with van der Waals surface area (Å²) in [5, 5.41) is 4.15. The lowest BCUT2D eigenvalue weighted by molar-refractivity contribution is 0.229. The average molecular weight is 138 g/mol. The summed E-state index contributed by atoms with van der Waals surface area (Å²) < 4.78 is 7.31. The second-order valence-corrected chi connectivity index (χ2v) is 2.56. The van der Waals surface area contributed by atoms with Gasteiger partial charge in [0.1, 0.15) is 0 Å². The number of rotatable bonds is 0. The van der Waals surface area contributed by atoms with E-state index in [1.54, 1.807) is 0 Å². The summed E-state index contributed by atoms with van der Waals surface area (Å²) in [5.41, 5.74) is 1.14. The summed E-state index contributed by atoms with van der Waals surface area (Å²) in [5.74, 6) is 0.950. The topological polar surface area (TPSA) is 27.1 Å². The Morgan fingerprint density at radius 2 is 2.60 bits per heavy atom. The van der Waals surface area contributed by atoms with Crippen LogP contribution >= 0.6 is 0 Å². The highest BCUT2D eigenvalue weighted by atomic mass is 16.5. The molecule has 1 aliphatic heterocycles. The van der Waals surface area contributed by atoms with Crippen molar-refractivity contribution >= 4 is 0 Å². The summed E-state index contributed by atoms with van der Waals surface area (Å²) in [6.07, 6.45) is 2.93. The van der Waals surface area contributed by atoms with Crippen molar-refractivity contribution in [2.75, 3.05) is 6.61 Å². The molecule has 0 saturated heterocycles. The van der Waals surface area contributed by atoms with E-state index in [-0.39, 0.29) is 0 Å². The van der Waals surface area contributed by atoms with Crippen LogP contribution in [0.5, 0.6) is 5.88 Å². The molecule has 0 bridgehead atoms. The molecule has 0 unspecified atom stereocenters. The maximum absolute atomic E-state index is 5.39. The van der Waals surface area contributed by atoms with Gasteiger partial charge in [-0.25, -0.2) is 4.68 Å². The van der Waals surface area contributed by atoms with Crippen molar-refractivity contribution < 1.29 is 4.74 Å². The predicted octanol–water partition coefficient (Wildman–Crippen LogP) is 0.974. The lowest BCUT2D eigenvalue weighted by Crippen LogP contribution is -2.14. The maximum atomic E-state index is 5.39. The summed E-state index contributed by atoms with van der Waals surface area (Å²) in [4.78, 5) is 0. The van der Waals surface area contributed by atoms with Crippen molar-refractivity contribution in [1.82, 2.24) is 9.78 Å². The third-order valence-electron chi connectivity index (χ3n) is 1.72. The van der Waals surface area contributed by atoms with Crippen LogP contribution < -0.4 is 4.74 Å². The van der Waals surface area contributed by atoms with Crippen LogP contribution in [0, 0.1) is 6.92 Å². The van der Waals surface area contributed by atoms with Gasteiger partial charge in [-0.05, 0) is 6.92 Å². The second-order valence-electron chi connectivity index (χ2n) is 2.56. The van der Waals surface area contributed by atoms with Crippen LogP contribution in [0.2, 0.25) is 0 Å². The number of hydrogen-bond acceptors (Lipinski definition) is 2. The van der Waals surface area contributed by atoms with Gasteiger partial charge in [-0.2, -0.15) is 5.10 Å². The molecule has 3 heteroatoms. The van der Waals surface area contributed by atoms with Crippen LogP contribution in [0.25, 0.3) is 0 Å². The number of aryl methyl sites for hydroxylation is 2. The zero-order valence-corrected chi connectivity index (χ0v) is 6.00. The maximum Gasteiger partial charge on any atom is 0.214 e. The SMILES string of the molecule is Cc1cnn2c1OCCC2. The van der Waals surface area contributed by atoms with Gasteiger partial charge in [-0.15, -0.1) is 0 Å². The van der Waals surface area contributed by atoms with Gasteiger partial charge in [0.15, 0.2) is 0 Å². The highest BCUT2D eigenvalue weighted by Gasteiger charge is 2.11. The lowest BCUT2D eigenvalue weighted by atomic mass is 10.3. The van der Waals surface area contributed by atoms with E-state index in [9.17, 15) is 0 Å². The molecule has 3 nitrogen and oxygen atoms in total. The molecule has 0 amide bonds. The van der Waals surface area contributed by atoms with E-state index in [1.807, 2.05) is 17.8 Å². The zero-order chi connectivity index (χ0) is 6.97. The van der Waals surface area contributed by atoms with Crippen molar-refractivity contribution in [2.24, 2.45) is 0 Å². The minimum Gasteiger partial charge on any atom is -0.478 e. The molecule has 0 radical (unpaired) electrons. The molecule has 0 spiro atoms. The fourth-order valence-electron chi connectivity index (χ4n) is 1.20. The van der Waals surface area contributed by atoms with Gasteiger partial charge in [0.25, 0.3) is 0 Å². The van der Waals surface area contributed by atoms with E-state index in [0.717, 1.165) is 31.0 Å². The summed E-state index contributed by atoms with van der Waals surface area (Å²) in [6.45, 7) is 3.86. The van der Waals surface area contributed by atoms with E-state index in [1.165, 1.54) is 0 Å². The van der Waals surface area contributed by atoms with Gasteiger partial charge < -0.3 is 4.74 Å². The van der Waals surface area contributed by atoms with Crippen molar-refractivity contribution in [1.29, 1.82) is 0 Å². The number of nitrogens with zero attached hydrogens (tertiary/aromatic N) is 2. The first-order chi connectivity index (χ1) is 4.88. The average Bonchev–Trinajstić information content (AvgIpc) is 2.34. The van der Waals surface area contributed by atoms with Crippen LogP contribution in [-0.2, 0) is 6.54 Å². The third kappa shape index (κ3) is 0.701. The number of hydrogen-bond donors (Lipinski definition) is 0. The highest BCUT2D eigenvalue weighted by molar-refractivity contribution is 5.22. The Bertz CT molecular complexity index is 242. The number of aromatic nitrogens is 2. The van der Waals surface area contributed by atoms with Crippen molar-refractivity contribution in [3.05, 3.63) is 11.8 Å². The Labute approximate surface area is 59.6 Å². The molecule has 1 aliphatic rings. The molecule has 2 heterocycles. The van der Waals surface area contributed by atoms with Gasteiger partial charge >= 0.3 is 0 Å². The molecule has 0 N–H and O–H groups in total. The summed E-state index contributed by atoms with van der Waals surface area (Å²) in [7, 11) is 0.